The standard InChI is InChI=1S/C25H35N3O/c1-6-23(3)14-10-19-18(16-23)8-9-20-24(19,4)12-7-13-25(20,5)21(29)28-22-26-15-11-17(2)27-22/h6,8,11,15,19-20H,1,7,9-10,12-14,16H2,2-5H3,(H,26,27,28,29). The highest BCUT2D eigenvalue weighted by atomic mass is 16.2. The van der Waals surface area contributed by atoms with Gasteiger partial charge < -0.3 is 0 Å². The van der Waals surface area contributed by atoms with Crippen LogP contribution in [0, 0.1) is 35.0 Å². The third kappa shape index (κ3) is 3.35. The number of aromatic nitrogens is 2. The van der Waals surface area contributed by atoms with E-state index < -0.39 is 0 Å². The Morgan fingerprint density at radius 2 is 2.07 bits per heavy atom. The van der Waals surface area contributed by atoms with Gasteiger partial charge in [0.1, 0.15) is 0 Å². The largest absolute Gasteiger partial charge is 0.294 e. The number of rotatable bonds is 3. The van der Waals surface area contributed by atoms with Crippen LogP contribution in [0.15, 0.2) is 36.6 Å². The van der Waals surface area contributed by atoms with E-state index in [0.717, 1.165) is 31.4 Å². The molecule has 5 atom stereocenters. The maximum absolute atomic E-state index is 13.5. The molecule has 2 fully saturated rings. The molecule has 156 valence electrons. The number of allylic oxidation sites excluding steroid dienone is 3. The van der Waals surface area contributed by atoms with Crippen LogP contribution in [0.5, 0.6) is 0 Å². The molecular weight excluding hydrogens is 358 g/mol. The molecule has 0 saturated heterocycles. The Balaban J connectivity index is 1.62. The van der Waals surface area contributed by atoms with Gasteiger partial charge in [-0.3, -0.25) is 10.1 Å². The van der Waals surface area contributed by atoms with E-state index in [9.17, 15) is 4.79 Å². The number of amides is 1. The average molecular weight is 394 g/mol. The summed E-state index contributed by atoms with van der Waals surface area (Å²) in [6.45, 7) is 13.0. The Labute approximate surface area is 175 Å². The fraction of sp³-hybridized carbons (Fsp3) is 0.640. The Morgan fingerprint density at radius 3 is 2.79 bits per heavy atom. The quantitative estimate of drug-likeness (QED) is 0.655. The summed E-state index contributed by atoms with van der Waals surface area (Å²) in [4.78, 5) is 22.1. The minimum atomic E-state index is -0.388. The third-order valence-corrected chi connectivity index (χ3v) is 8.48. The van der Waals surface area contributed by atoms with Crippen molar-refractivity contribution in [3.8, 4) is 0 Å². The monoisotopic (exact) mass is 393 g/mol. The van der Waals surface area contributed by atoms with Gasteiger partial charge in [0.25, 0.3) is 0 Å². The molecule has 1 heterocycles. The lowest BCUT2D eigenvalue weighted by Gasteiger charge is -2.59. The Morgan fingerprint density at radius 1 is 1.28 bits per heavy atom. The van der Waals surface area contributed by atoms with Crippen LogP contribution in [-0.2, 0) is 4.79 Å². The highest BCUT2D eigenvalue weighted by Crippen LogP contribution is 2.63. The van der Waals surface area contributed by atoms with Gasteiger partial charge in [0.15, 0.2) is 0 Å². The van der Waals surface area contributed by atoms with E-state index >= 15 is 0 Å². The number of aryl methyl sites for hydroxylation is 1. The van der Waals surface area contributed by atoms with Crippen LogP contribution < -0.4 is 5.32 Å². The van der Waals surface area contributed by atoms with Gasteiger partial charge in [-0.15, -0.1) is 6.58 Å². The van der Waals surface area contributed by atoms with Gasteiger partial charge in [0.2, 0.25) is 11.9 Å². The van der Waals surface area contributed by atoms with Crippen LogP contribution in [0.2, 0.25) is 0 Å². The number of fused-ring (bicyclic) bond motifs is 3. The Hall–Kier alpha value is -1.97. The first-order chi connectivity index (χ1) is 13.7. The van der Waals surface area contributed by atoms with Crippen LogP contribution in [0.25, 0.3) is 0 Å². The van der Waals surface area contributed by atoms with E-state index in [1.807, 2.05) is 13.0 Å². The SMILES string of the molecule is C=CC1(C)CCC2C(=CCC3C(C)(C(=O)Nc4nccc(C)n4)CCCC23C)C1. The van der Waals surface area contributed by atoms with E-state index in [4.69, 9.17) is 0 Å². The van der Waals surface area contributed by atoms with Crippen molar-refractivity contribution >= 4 is 11.9 Å². The zero-order valence-electron chi connectivity index (χ0n) is 18.4. The zero-order chi connectivity index (χ0) is 20.9. The molecule has 0 aliphatic heterocycles. The molecule has 29 heavy (non-hydrogen) atoms. The number of hydrogen-bond donors (Lipinski definition) is 1. The molecule has 3 aliphatic rings. The van der Waals surface area contributed by atoms with Crippen molar-refractivity contribution < 1.29 is 4.79 Å². The molecule has 4 nitrogen and oxygen atoms in total. The number of hydrogen-bond acceptors (Lipinski definition) is 3. The maximum Gasteiger partial charge on any atom is 0.232 e. The second kappa shape index (κ2) is 7.07. The molecule has 2 saturated carbocycles. The molecule has 1 aromatic heterocycles. The van der Waals surface area contributed by atoms with Crippen LogP contribution in [0.3, 0.4) is 0 Å². The van der Waals surface area contributed by atoms with Crippen molar-refractivity contribution in [1.29, 1.82) is 0 Å². The highest BCUT2D eigenvalue weighted by molar-refractivity contribution is 5.94. The summed E-state index contributed by atoms with van der Waals surface area (Å²) >= 11 is 0. The van der Waals surface area contributed by atoms with E-state index in [0.29, 0.717) is 17.8 Å². The molecule has 0 bridgehead atoms. The first-order valence-corrected chi connectivity index (χ1v) is 11.1. The first-order valence-electron chi connectivity index (χ1n) is 11.1. The zero-order valence-corrected chi connectivity index (χ0v) is 18.4. The molecule has 0 radical (unpaired) electrons. The third-order valence-electron chi connectivity index (χ3n) is 8.48. The lowest BCUT2D eigenvalue weighted by atomic mass is 9.45. The van der Waals surface area contributed by atoms with Gasteiger partial charge in [-0.1, -0.05) is 44.9 Å². The van der Waals surface area contributed by atoms with Crippen molar-refractivity contribution in [1.82, 2.24) is 9.97 Å². The van der Waals surface area contributed by atoms with Crippen LogP contribution in [0.1, 0.15) is 71.4 Å². The van der Waals surface area contributed by atoms with Gasteiger partial charge >= 0.3 is 0 Å². The van der Waals surface area contributed by atoms with E-state index in [1.165, 1.54) is 19.3 Å². The summed E-state index contributed by atoms with van der Waals surface area (Å²) in [7, 11) is 0. The molecule has 4 rings (SSSR count). The molecular formula is C25H35N3O. The van der Waals surface area contributed by atoms with Gasteiger partial charge in [-0.25, -0.2) is 9.97 Å². The second-order valence-electron chi connectivity index (χ2n) is 10.4. The fourth-order valence-electron chi connectivity index (χ4n) is 6.63. The van der Waals surface area contributed by atoms with Gasteiger partial charge in [0, 0.05) is 11.9 Å². The van der Waals surface area contributed by atoms with Crippen LogP contribution >= 0.6 is 0 Å². The maximum atomic E-state index is 13.5. The van der Waals surface area contributed by atoms with Crippen molar-refractivity contribution in [3.63, 3.8) is 0 Å². The van der Waals surface area contributed by atoms with E-state index in [-0.39, 0.29) is 22.2 Å². The van der Waals surface area contributed by atoms with E-state index in [2.05, 4.69) is 54.8 Å². The van der Waals surface area contributed by atoms with Crippen molar-refractivity contribution in [2.75, 3.05) is 5.32 Å². The smallest absolute Gasteiger partial charge is 0.232 e. The number of carbonyl (C=O) groups excluding carboxylic acids is 1. The molecule has 4 heteroatoms. The number of carbonyl (C=O) groups is 1. The lowest BCUT2D eigenvalue weighted by Crippen LogP contribution is -2.55. The molecule has 1 amide bonds. The minimum absolute atomic E-state index is 0.0858. The minimum Gasteiger partial charge on any atom is -0.294 e. The Bertz CT molecular complexity index is 861. The van der Waals surface area contributed by atoms with Gasteiger partial charge in [0.05, 0.1) is 5.41 Å². The number of nitrogens with one attached hydrogen (secondary N) is 1. The average Bonchev–Trinajstić information content (AvgIpc) is 2.67. The predicted octanol–water partition coefficient (Wildman–Crippen LogP) is 5.86. The summed E-state index contributed by atoms with van der Waals surface area (Å²) in [6, 6.07) is 1.85. The topological polar surface area (TPSA) is 54.9 Å². The van der Waals surface area contributed by atoms with Gasteiger partial charge in [-0.2, -0.15) is 0 Å². The summed E-state index contributed by atoms with van der Waals surface area (Å²) in [5.41, 5.74) is 2.51. The number of nitrogens with zero attached hydrogens (tertiary/aromatic N) is 2. The fourth-order valence-corrected chi connectivity index (χ4v) is 6.63. The van der Waals surface area contributed by atoms with Crippen molar-refractivity contribution in [3.05, 3.63) is 42.3 Å². The molecule has 0 spiro atoms. The molecule has 1 aromatic rings. The summed E-state index contributed by atoms with van der Waals surface area (Å²) in [6.07, 6.45) is 14.1. The second-order valence-corrected chi connectivity index (χ2v) is 10.4. The van der Waals surface area contributed by atoms with Crippen molar-refractivity contribution in [2.24, 2.45) is 28.1 Å². The van der Waals surface area contributed by atoms with Crippen LogP contribution in [-0.4, -0.2) is 15.9 Å². The number of anilines is 1. The van der Waals surface area contributed by atoms with E-state index in [1.54, 1.807) is 11.8 Å². The Kier molecular flexibility index (Phi) is 4.95. The lowest BCUT2D eigenvalue weighted by molar-refractivity contribution is -0.139. The van der Waals surface area contributed by atoms with Gasteiger partial charge in [-0.05, 0) is 74.2 Å². The molecule has 1 N–H and O–H groups in total. The first kappa shape index (κ1) is 20.3. The normalized spacial score (nSPS) is 39.0. The summed E-state index contributed by atoms with van der Waals surface area (Å²) < 4.78 is 0. The summed E-state index contributed by atoms with van der Waals surface area (Å²) in [5.74, 6) is 1.46. The molecule has 3 aliphatic carbocycles. The molecule has 5 unspecified atom stereocenters. The summed E-state index contributed by atoms with van der Waals surface area (Å²) in [5, 5.41) is 3.04. The van der Waals surface area contributed by atoms with Crippen molar-refractivity contribution in [2.45, 2.75) is 72.6 Å². The van der Waals surface area contributed by atoms with Crippen LogP contribution in [0.4, 0.5) is 5.95 Å². The molecule has 0 aromatic carbocycles. The highest BCUT2D eigenvalue weighted by Gasteiger charge is 2.57. The predicted molar refractivity (Wildman–Crippen MR) is 117 cm³/mol.